The topological polar surface area (TPSA) is 61.5 Å². The Morgan fingerprint density at radius 2 is 1.83 bits per heavy atom. The van der Waals surface area contributed by atoms with E-state index in [4.69, 9.17) is 14.5 Å². The molecule has 224 valence electrons. The second-order valence-electron chi connectivity index (χ2n) is 13.0. The summed E-state index contributed by atoms with van der Waals surface area (Å²) in [4.78, 5) is 19.3. The first-order valence-corrected chi connectivity index (χ1v) is 16.4. The van der Waals surface area contributed by atoms with E-state index >= 15 is 0 Å². The lowest BCUT2D eigenvalue weighted by Gasteiger charge is -2.33. The van der Waals surface area contributed by atoms with E-state index < -0.39 is 5.60 Å². The number of benzene rings is 1. The van der Waals surface area contributed by atoms with Crippen LogP contribution in [0.4, 0.5) is 4.79 Å². The average Bonchev–Trinajstić information content (AvgIpc) is 3.63. The first-order chi connectivity index (χ1) is 20.2. The Hall–Kier alpha value is -3.26. The number of aromatic nitrogens is 3. The zero-order chi connectivity index (χ0) is 29.3. The van der Waals surface area contributed by atoms with Crippen LogP contribution < -0.4 is 4.74 Å². The summed E-state index contributed by atoms with van der Waals surface area (Å²) in [5.41, 5.74) is 4.62. The Bertz CT molecular complexity index is 1500. The minimum Gasteiger partial charge on any atom is -0.493 e. The molecular weight excluding hydrogens is 544 g/mol. The molecule has 1 amide bonds. The number of imidazole rings is 1. The normalized spacial score (nSPS) is 16.6. The highest BCUT2D eigenvalue weighted by molar-refractivity contribution is 7.17. The van der Waals surface area contributed by atoms with Gasteiger partial charge < -0.3 is 23.5 Å². The number of aryl methyl sites for hydroxylation is 3. The fourth-order valence-corrected chi connectivity index (χ4v) is 6.85. The molecule has 7 nitrogen and oxygen atoms in total. The van der Waals surface area contributed by atoms with Crippen molar-refractivity contribution in [2.24, 2.45) is 13.0 Å². The summed E-state index contributed by atoms with van der Waals surface area (Å²) >= 11 is 1.79. The molecule has 0 spiro atoms. The van der Waals surface area contributed by atoms with Gasteiger partial charge in [0.05, 0.1) is 28.2 Å². The Morgan fingerprint density at radius 1 is 1.07 bits per heavy atom. The second kappa shape index (κ2) is 12.2. The number of hydrogen-bond donors (Lipinski definition) is 0. The Labute approximate surface area is 253 Å². The van der Waals surface area contributed by atoms with Gasteiger partial charge in [0.25, 0.3) is 0 Å². The molecule has 6 rings (SSSR count). The third-order valence-corrected chi connectivity index (χ3v) is 9.60. The van der Waals surface area contributed by atoms with E-state index in [-0.39, 0.29) is 6.09 Å². The van der Waals surface area contributed by atoms with E-state index in [9.17, 15) is 4.79 Å². The van der Waals surface area contributed by atoms with Gasteiger partial charge in [0, 0.05) is 38.8 Å². The van der Waals surface area contributed by atoms with Crippen LogP contribution in [0.25, 0.3) is 21.7 Å². The number of piperidine rings is 1. The lowest BCUT2D eigenvalue weighted by Crippen LogP contribution is -2.42. The van der Waals surface area contributed by atoms with Crippen molar-refractivity contribution >= 4 is 27.6 Å². The molecule has 2 aliphatic rings. The quantitative estimate of drug-likeness (QED) is 0.199. The van der Waals surface area contributed by atoms with Crippen LogP contribution in [-0.2, 0) is 24.8 Å². The Kier molecular flexibility index (Phi) is 8.35. The summed E-state index contributed by atoms with van der Waals surface area (Å²) in [5.74, 6) is 3.09. The number of likely N-dealkylation sites (tertiary alicyclic amines) is 1. The number of fused-ring (bicyclic) bond motifs is 1. The van der Waals surface area contributed by atoms with E-state index in [0.29, 0.717) is 18.4 Å². The molecule has 1 aliphatic carbocycles. The summed E-state index contributed by atoms with van der Waals surface area (Å²) in [6, 6.07) is 13.1. The van der Waals surface area contributed by atoms with Gasteiger partial charge in [0.2, 0.25) is 0 Å². The standard InChI is InChI=1S/C34H44N4O3S/c1-34(2,3)41-33(39)37-18-14-25(15-19-37)23-40-27-12-10-24(11-13-27)7-6-17-38-22-28(26-8-5-9-26)35-32(38)30-21-31-29(36(30)4)16-20-42-31/h10-13,16,20-22,25-26H,5-9,14-15,17-19,23H2,1-4H3. The van der Waals surface area contributed by atoms with Crippen LogP contribution in [0.3, 0.4) is 0 Å². The highest BCUT2D eigenvalue weighted by Crippen LogP contribution is 2.38. The van der Waals surface area contributed by atoms with Crippen molar-refractivity contribution in [3.05, 3.63) is 59.2 Å². The molecule has 0 radical (unpaired) electrons. The summed E-state index contributed by atoms with van der Waals surface area (Å²) in [5, 5.41) is 2.16. The molecule has 1 aromatic carbocycles. The van der Waals surface area contributed by atoms with Crippen molar-refractivity contribution in [3.63, 3.8) is 0 Å². The van der Waals surface area contributed by atoms with Crippen LogP contribution in [0.15, 0.2) is 48.0 Å². The van der Waals surface area contributed by atoms with Crippen molar-refractivity contribution < 1.29 is 14.3 Å². The first kappa shape index (κ1) is 28.8. The minimum absolute atomic E-state index is 0.208. The molecule has 1 aliphatic heterocycles. The van der Waals surface area contributed by atoms with Crippen LogP contribution in [-0.4, -0.2) is 50.4 Å². The lowest BCUT2D eigenvalue weighted by molar-refractivity contribution is 0.0165. The zero-order valence-corrected chi connectivity index (χ0v) is 26.3. The molecule has 0 N–H and O–H groups in total. The summed E-state index contributed by atoms with van der Waals surface area (Å²) in [6.45, 7) is 8.82. The Morgan fingerprint density at radius 3 is 2.50 bits per heavy atom. The molecule has 4 aromatic rings. The van der Waals surface area contributed by atoms with Gasteiger partial charge in [-0.2, -0.15) is 0 Å². The largest absolute Gasteiger partial charge is 0.493 e. The van der Waals surface area contributed by atoms with Crippen molar-refractivity contribution in [1.82, 2.24) is 19.0 Å². The number of carbonyl (C=O) groups excluding carboxylic acids is 1. The molecule has 1 saturated heterocycles. The van der Waals surface area contributed by atoms with E-state index in [1.54, 1.807) is 11.3 Å². The SMILES string of the molecule is Cn1c(-c2nc(C3CCC3)cn2CCCc2ccc(OCC3CCN(C(=O)OC(C)(C)C)CC3)cc2)cc2sccc21. The molecule has 0 unspecified atom stereocenters. The van der Waals surface area contributed by atoms with E-state index in [1.165, 1.54) is 46.4 Å². The van der Waals surface area contributed by atoms with Crippen LogP contribution in [0.1, 0.15) is 76.5 Å². The van der Waals surface area contributed by atoms with Crippen molar-refractivity contribution in [2.45, 2.75) is 83.8 Å². The molecule has 1 saturated carbocycles. The molecule has 3 aromatic heterocycles. The maximum Gasteiger partial charge on any atom is 0.410 e. The summed E-state index contributed by atoms with van der Waals surface area (Å²) < 4.78 is 17.6. The first-order valence-electron chi connectivity index (χ1n) is 15.5. The highest BCUT2D eigenvalue weighted by Gasteiger charge is 2.27. The van der Waals surface area contributed by atoms with Gasteiger partial charge in [0.1, 0.15) is 11.4 Å². The highest BCUT2D eigenvalue weighted by atomic mass is 32.1. The zero-order valence-electron chi connectivity index (χ0n) is 25.5. The molecule has 0 bridgehead atoms. The van der Waals surface area contributed by atoms with Gasteiger partial charge in [-0.3, -0.25) is 0 Å². The van der Waals surface area contributed by atoms with Gasteiger partial charge in [-0.1, -0.05) is 18.6 Å². The van der Waals surface area contributed by atoms with Crippen molar-refractivity contribution in [3.8, 4) is 17.3 Å². The van der Waals surface area contributed by atoms with E-state index in [1.807, 2.05) is 25.7 Å². The van der Waals surface area contributed by atoms with Crippen LogP contribution in [0, 0.1) is 5.92 Å². The van der Waals surface area contributed by atoms with E-state index in [0.717, 1.165) is 56.9 Å². The third-order valence-electron chi connectivity index (χ3n) is 8.75. The molecule has 4 heterocycles. The number of nitrogens with zero attached hydrogens (tertiary/aromatic N) is 4. The predicted octanol–water partition coefficient (Wildman–Crippen LogP) is 8.03. The fraction of sp³-hybridized carbons (Fsp3) is 0.529. The number of hydrogen-bond acceptors (Lipinski definition) is 5. The molecule has 42 heavy (non-hydrogen) atoms. The van der Waals surface area contributed by atoms with Crippen molar-refractivity contribution in [1.29, 1.82) is 0 Å². The molecular formula is C34H44N4O3S. The molecule has 2 fully saturated rings. The number of carbonyl (C=O) groups is 1. The van der Waals surface area contributed by atoms with Gasteiger partial charge >= 0.3 is 6.09 Å². The molecule has 8 heteroatoms. The van der Waals surface area contributed by atoms with Crippen LogP contribution in [0.2, 0.25) is 0 Å². The second-order valence-corrected chi connectivity index (χ2v) is 14.0. The van der Waals surface area contributed by atoms with Crippen molar-refractivity contribution in [2.75, 3.05) is 19.7 Å². The molecule has 0 atom stereocenters. The summed E-state index contributed by atoms with van der Waals surface area (Å²) in [7, 11) is 2.16. The third kappa shape index (κ3) is 6.54. The maximum atomic E-state index is 12.3. The fourth-order valence-electron chi connectivity index (χ4n) is 6.01. The van der Waals surface area contributed by atoms with Gasteiger partial charge in [-0.05, 0) is 100 Å². The smallest absolute Gasteiger partial charge is 0.410 e. The number of ether oxygens (including phenoxy) is 2. The number of rotatable bonds is 9. The van der Waals surface area contributed by atoms with E-state index in [2.05, 4.69) is 64.2 Å². The van der Waals surface area contributed by atoms with Crippen LogP contribution >= 0.6 is 11.3 Å². The maximum absolute atomic E-state index is 12.3. The predicted molar refractivity (Wildman–Crippen MR) is 169 cm³/mol. The van der Waals surface area contributed by atoms with Gasteiger partial charge in [-0.25, -0.2) is 9.78 Å². The van der Waals surface area contributed by atoms with Crippen LogP contribution in [0.5, 0.6) is 5.75 Å². The monoisotopic (exact) mass is 588 g/mol. The number of thiophene rings is 1. The van der Waals surface area contributed by atoms with Gasteiger partial charge in [-0.15, -0.1) is 11.3 Å². The minimum atomic E-state index is -0.454. The van der Waals surface area contributed by atoms with Gasteiger partial charge in [0.15, 0.2) is 5.82 Å². The average molecular weight is 589 g/mol. The lowest BCUT2D eigenvalue weighted by atomic mass is 9.83. The Balaban J connectivity index is 0.999. The summed E-state index contributed by atoms with van der Waals surface area (Å²) in [6.07, 6.45) is 9.91. The number of amides is 1.